The highest BCUT2D eigenvalue weighted by atomic mass is 16.6. The molecule has 0 spiro atoms. The molecule has 0 bridgehead atoms. The molecule has 110 valence electrons. The first-order valence-electron chi connectivity index (χ1n) is 6.36. The minimum absolute atomic E-state index is 0.214. The fourth-order valence-corrected chi connectivity index (χ4v) is 2.71. The Kier molecular flexibility index (Phi) is 2.98. The fraction of sp³-hybridized carbons (Fsp3) is 0.583. The molecule has 0 radical (unpaired) electrons. The van der Waals surface area contributed by atoms with Gasteiger partial charge in [0.25, 0.3) is 5.91 Å². The van der Waals surface area contributed by atoms with E-state index in [2.05, 4.69) is 10.6 Å². The lowest BCUT2D eigenvalue weighted by atomic mass is 9.96. The minimum Gasteiger partial charge on any atom is -0.394 e. The number of nitrogens with zero attached hydrogens (tertiary/aromatic N) is 1. The molecule has 1 amide bonds. The number of ether oxygens (including phenoxy) is 1. The number of rotatable bonds is 2. The van der Waals surface area contributed by atoms with Gasteiger partial charge in [0, 0.05) is 6.20 Å². The maximum atomic E-state index is 11.7. The van der Waals surface area contributed by atoms with Gasteiger partial charge in [0.2, 0.25) is 0 Å². The zero-order chi connectivity index (χ0) is 14.5. The van der Waals surface area contributed by atoms with Crippen molar-refractivity contribution in [3.8, 4) is 0 Å². The third-order valence-corrected chi connectivity index (χ3v) is 3.85. The first-order chi connectivity index (χ1) is 9.46. The van der Waals surface area contributed by atoms with Crippen molar-refractivity contribution in [2.75, 3.05) is 18.6 Å². The summed E-state index contributed by atoms with van der Waals surface area (Å²) >= 11 is 0. The molecular weight excluding hydrogens is 266 g/mol. The van der Waals surface area contributed by atoms with Gasteiger partial charge in [0.05, 0.1) is 18.8 Å². The van der Waals surface area contributed by atoms with Crippen molar-refractivity contribution in [1.29, 1.82) is 0 Å². The van der Waals surface area contributed by atoms with Crippen LogP contribution >= 0.6 is 0 Å². The van der Waals surface area contributed by atoms with Crippen molar-refractivity contribution >= 4 is 11.7 Å². The molecule has 2 aliphatic heterocycles. The molecule has 1 fully saturated rings. The number of nitrogens with one attached hydrogen (secondary N) is 2. The Morgan fingerprint density at radius 3 is 2.95 bits per heavy atom. The van der Waals surface area contributed by atoms with E-state index in [-0.39, 0.29) is 12.6 Å². The standard InChI is InChI=1S/C12H17N3O5/c1-12(19)8(17)7(4-16)20-11(12)15-3-2-6-9(15)13-5-14-10(6)18/h2-3,7-8,11,13,16-17,19H,4-5H2,1H3,(H,14,18)/t7-,8+,11-,12?/m1/s1. The molecule has 0 saturated carbocycles. The van der Waals surface area contributed by atoms with Crippen LogP contribution < -0.4 is 10.6 Å². The summed E-state index contributed by atoms with van der Waals surface area (Å²) in [6.07, 6.45) is -1.37. The number of fused-ring (bicyclic) bond motifs is 1. The number of aliphatic hydroxyl groups is 3. The Morgan fingerprint density at radius 1 is 1.55 bits per heavy atom. The first-order valence-corrected chi connectivity index (χ1v) is 6.36. The van der Waals surface area contributed by atoms with Crippen LogP contribution in [-0.2, 0) is 4.74 Å². The smallest absolute Gasteiger partial charge is 0.256 e. The molecule has 0 aliphatic carbocycles. The van der Waals surface area contributed by atoms with Crippen molar-refractivity contribution in [3.63, 3.8) is 0 Å². The Hall–Kier alpha value is -1.61. The van der Waals surface area contributed by atoms with Crippen LogP contribution in [0, 0.1) is 0 Å². The molecule has 2 aliphatic rings. The predicted molar refractivity (Wildman–Crippen MR) is 68.0 cm³/mol. The Bertz CT molecular complexity index is 541. The average molecular weight is 283 g/mol. The lowest BCUT2D eigenvalue weighted by molar-refractivity contribution is -0.0956. The van der Waals surface area contributed by atoms with Crippen LogP contribution in [0.3, 0.4) is 0 Å². The van der Waals surface area contributed by atoms with Crippen molar-refractivity contribution in [1.82, 2.24) is 9.88 Å². The van der Waals surface area contributed by atoms with Gasteiger partial charge in [-0.2, -0.15) is 0 Å². The van der Waals surface area contributed by atoms with E-state index in [0.717, 1.165) is 0 Å². The number of hydrogen-bond acceptors (Lipinski definition) is 6. The summed E-state index contributed by atoms with van der Waals surface area (Å²) in [5, 5.41) is 35.2. The van der Waals surface area contributed by atoms with Gasteiger partial charge in [0.1, 0.15) is 23.6 Å². The summed E-state index contributed by atoms with van der Waals surface area (Å²) in [6, 6.07) is 1.61. The second-order valence-corrected chi connectivity index (χ2v) is 5.22. The number of aliphatic hydroxyl groups excluding tert-OH is 2. The highest BCUT2D eigenvalue weighted by Gasteiger charge is 2.53. The van der Waals surface area contributed by atoms with Crippen molar-refractivity contribution in [2.24, 2.45) is 0 Å². The van der Waals surface area contributed by atoms with Crippen LogP contribution in [0.4, 0.5) is 5.82 Å². The molecular formula is C12H17N3O5. The van der Waals surface area contributed by atoms with Crippen LogP contribution in [0.5, 0.6) is 0 Å². The Morgan fingerprint density at radius 2 is 2.30 bits per heavy atom. The van der Waals surface area contributed by atoms with E-state index >= 15 is 0 Å². The van der Waals surface area contributed by atoms with Crippen LogP contribution in [-0.4, -0.2) is 56.9 Å². The third kappa shape index (κ3) is 1.73. The molecule has 1 aromatic rings. The highest BCUT2D eigenvalue weighted by Crippen LogP contribution is 2.40. The second kappa shape index (κ2) is 4.45. The number of carbonyl (C=O) groups excluding carboxylic acids is 1. The number of amides is 1. The van der Waals surface area contributed by atoms with Crippen molar-refractivity contribution in [2.45, 2.75) is 31.0 Å². The zero-order valence-corrected chi connectivity index (χ0v) is 10.9. The minimum atomic E-state index is -1.57. The number of carbonyl (C=O) groups is 1. The number of anilines is 1. The van der Waals surface area contributed by atoms with E-state index in [0.29, 0.717) is 11.4 Å². The molecule has 1 saturated heterocycles. The van der Waals surface area contributed by atoms with Crippen molar-refractivity contribution in [3.05, 3.63) is 17.8 Å². The van der Waals surface area contributed by atoms with Gasteiger partial charge in [-0.3, -0.25) is 4.79 Å². The largest absolute Gasteiger partial charge is 0.394 e. The predicted octanol–water partition coefficient (Wildman–Crippen LogP) is -1.40. The molecule has 0 aromatic carbocycles. The summed E-state index contributed by atoms with van der Waals surface area (Å²) in [5.74, 6) is 0.305. The van der Waals surface area contributed by atoms with Gasteiger partial charge in [-0.25, -0.2) is 0 Å². The second-order valence-electron chi connectivity index (χ2n) is 5.22. The van der Waals surface area contributed by atoms with E-state index in [1.54, 1.807) is 16.8 Å². The van der Waals surface area contributed by atoms with Crippen LogP contribution in [0.25, 0.3) is 0 Å². The summed E-state index contributed by atoms with van der Waals surface area (Å²) < 4.78 is 7.09. The lowest BCUT2D eigenvalue weighted by Crippen LogP contribution is -2.44. The van der Waals surface area contributed by atoms with Gasteiger partial charge in [-0.1, -0.05) is 0 Å². The van der Waals surface area contributed by atoms with Crippen LogP contribution in [0.1, 0.15) is 23.5 Å². The van der Waals surface area contributed by atoms with Crippen LogP contribution in [0.15, 0.2) is 12.3 Å². The molecule has 1 aromatic heterocycles. The van der Waals surface area contributed by atoms with E-state index in [1.807, 2.05) is 0 Å². The Labute approximate surface area is 115 Å². The lowest BCUT2D eigenvalue weighted by Gasteiger charge is -2.29. The summed E-state index contributed by atoms with van der Waals surface area (Å²) in [6.45, 7) is 1.31. The van der Waals surface area contributed by atoms with Gasteiger partial charge in [0.15, 0.2) is 6.23 Å². The normalized spacial score (nSPS) is 36.4. The molecule has 4 atom stereocenters. The Balaban J connectivity index is 2.00. The molecule has 8 heteroatoms. The van der Waals surface area contributed by atoms with Crippen LogP contribution in [0.2, 0.25) is 0 Å². The SMILES string of the molecule is CC1(O)[C@@H](O)[C@@H](CO)O[C@H]1n1ccc2c1NCNC2=O. The maximum Gasteiger partial charge on any atom is 0.256 e. The summed E-state index contributed by atoms with van der Waals surface area (Å²) in [7, 11) is 0. The van der Waals surface area contributed by atoms with E-state index in [4.69, 9.17) is 4.74 Å². The van der Waals surface area contributed by atoms with E-state index in [1.165, 1.54) is 6.92 Å². The number of hydrogen-bond donors (Lipinski definition) is 5. The maximum absolute atomic E-state index is 11.7. The van der Waals surface area contributed by atoms with Crippen molar-refractivity contribution < 1.29 is 24.9 Å². The van der Waals surface area contributed by atoms with Gasteiger partial charge in [-0.15, -0.1) is 0 Å². The topological polar surface area (TPSA) is 116 Å². The molecule has 20 heavy (non-hydrogen) atoms. The quantitative estimate of drug-likeness (QED) is 0.456. The molecule has 5 N–H and O–H groups in total. The molecule has 3 heterocycles. The summed E-state index contributed by atoms with van der Waals surface area (Å²) in [5.41, 5.74) is -1.13. The fourth-order valence-electron chi connectivity index (χ4n) is 2.71. The monoisotopic (exact) mass is 283 g/mol. The highest BCUT2D eigenvalue weighted by molar-refractivity contribution is 6.00. The summed E-state index contributed by atoms with van der Waals surface area (Å²) in [4.78, 5) is 11.7. The van der Waals surface area contributed by atoms with E-state index in [9.17, 15) is 20.1 Å². The molecule has 1 unspecified atom stereocenters. The molecule has 3 rings (SSSR count). The van der Waals surface area contributed by atoms with E-state index < -0.39 is 30.6 Å². The van der Waals surface area contributed by atoms with Gasteiger partial charge < -0.3 is 35.3 Å². The third-order valence-electron chi connectivity index (χ3n) is 3.85. The zero-order valence-electron chi connectivity index (χ0n) is 10.9. The molecule has 8 nitrogen and oxygen atoms in total. The van der Waals surface area contributed by atoms with Gasteiger partial charge >= 0.3 is 0 Å². The first kappa shape index (κ1) is 13.4. The average Bonchev–Trinajstić information content (AvgIpc) is 2.92. The van der Waals surface area contributed by atoms with Gasteiger partial charge in [-0.05, 0) is 13.0 Å². The number of aromatic nitrogens is 1.